The number of nitrogens with zero attached hydrogens (tertiary/aromatic N) is 5. The number of nitrogens with one attached hydrogen (secondary N) is 1. The number of unbranched alkanes of at least 4 members (excludes halogenated alkanes) is 1. The van der Waals surface area contributed by atoms with Gasteiger partial charge in [0.1, 0.15) is 0 Å². The molecule has 0 saturated carbocycles. The van der Waals surface area contributed by atoms with Gasteiger partial charge in [-0.15, -0.1) is 35.3 Å². The number of guanidine groups is 1. The van der Waals surface area contributed by atoms with Gasteiger partial charge in [-0.3, -0.25) is 9.67 Å². The maximum absolute atomic E-state index is 4.74. The third kappa shape index (κ3) is 7.72. The van der Waals surface area contributed by atoms with Crippen molar-refractivity contribution in [2.75, 3.05) is 20.1 Å². The molecule has 25 heavy (non-hydrogen) atoms. The van der Waals surface area contributed by atoms with Crippen LogP contribution in [-0.2, 0) is 20.0 Å². The highest BCUT2D eigenvalue weighted by Crippen LogP contribution is 2.11. The summed E-state index contributed by atoms with van der Waals surface area (Å²) in [6.45, 7) is 6.65. The summed E-state index contributed by atoms with van der Waals surface area (Å²) in [5.74, 6) is 0.950. The minimum Gasteiger partial charge on any atom is -0.357 e. The van der Waals surface area contributed by atoms with Crippen LogP contribution in [0.2, 0.25) is 0 Å². The van der Waals surface area contributed by atoms with Crippen molar-refractivity contribution in [2.24, 2.45) is 12.0 Å². The highest BCUT2D eigenvalue weighted by Gasteiger charge is 2.07. The van der Waals surface area contributed by atoms with Crippen LogP contribution in [0.4, 0.5) is 0 Å². The molecule has 140 valence electrons. The van der Waals surface area contributed by atoms with Gasteiger partial charge in [0.05, 0.1) is 11.2 Å². The summed E-state index contributed by atoms with van der Waals surface area (Å²) in [5.41, 5.74) is 2.31. The van der Waals surface area contributed by atoms with E-state index in [1.54, 1.807) is 11.3 Å². The molecule has 0 amide bonds. The summed E-state index contributed by atoms with van der Waals surface area (Å²) in [4.78, 5) is 11.4. The molecule has 8 heteroatoms. The summed E-state index contributed by atoms with van der Waals surface area (Å²) in [6.07, 6.45) is 7.19. The SMILES string of the molecule is CCNC(=NCCCCc1nc(C)cs1)N(C)Cc1cnn(C)c1.I. The summed E-state index contributed by atoms with van der Waals surface area (Å²) in [5, 5.41) is 10.9. The monoisotopic (exact) mass is 476 g/mol. The lowest BCUT2D eigenvalue weighted by Crippen LogP contribution is -2.38. The fourth-order valence-corrected chi connectivity index (χ4v) is 3.28. The van der Waals surface area contributed by atoms with E-state index in [2.05, 4.69) is 39.7 Å². The first-order valence-electron chi connectivity index (χ1n) is 8.46. The third-order valence-corrected chi connectivity index (χ3v) is 4.63. The van der Waals surface area contributed by atoms with Crippen molar-refractivity contribution in [2.45, 2.75) is 39.7 Å². The Labute approximate surface area is 171 Å². The number of aromatic nitrogens is 3. The molecule has 0 fully saturated rings. The Morgan fingerprint density at radius 2 is 2.20 bits per heavy atom. The first kappa shape index (κ1) is 21.9. The predicted octanol–water partition coefficient (Wildman–Crippen LogP) is 3.22. The van der Waals surface area contributed by atoms with E-state index >= 15 is 0 Å². The maximum Gasteiger partial charge on any atom is 0.193 e. The van der Waals surface area contributed by atoms with Crippen LogP contribution in [0, 0.1) is 6.92 Å². The van der Waals surface area contributed by atoms with E-state index in [1.807, 2.05) is 31.0 Å². The fourth-order valence-electron chi connectivity index (χ4n) is 2.46. The van der Waals surface area contributed by atoms with E-state index in [4.69, 9.17) is 4.99 Å². The highest BCUT2D eigenvalue weighted by molar-refractivity contribution is 14.0. The largest absolute Gasteiger partial charge is 0.357 e. The first-order chi connectivity index (χ1) is 11.6. The smallest absolute Gasteiger partial charge is 0.193 e. The predicted molar refractivity (Wildman–Crippen MR) is 116 cm³/mol. The molecular weight excluding hydrogens is 447 g/mol. The van der Waals surface area contributed by atoms with Crippen molar-refractivity contribution in [3.63, 3.8) is 0 Å². The molecule has 0 radical (unpaired) electrons. The van der Waals surface area contributed by atoms with E-state index < -0.39 is 0 Å². The number of halogens is 1. The van der Waals surface area contributed by atoms with Crippen LogP contribution in [0.3, 0.4) is 0 Å². The Morgan fingerprint density at radius 1 is 1.40 bits per heavy atom. The number of thiazole rings is 1. The van der Waals surface area contributed by atoms with E-state index in [0.29, 0.717) is 0 Å². The van der Waals surface area contributed by atoms with Gasteiger partial charge in [0.25, 0.3) is 0 Å². The second-order valence-electron chi connectivity index (χ2n) is 5.95. The first-order valence-corrected chi connectivity index (χ1v) is 9.34. The average Bonchev–Trinajstić information content (AvgIpc) is 3.14. The van der Waals surface area contributed by atoms with Gasteiger partial charge in [-0.05, 0) is 33.1 Å². The van der Waals surface area contributed by atoms with Crippen LogP contribution >= 0.6 is 35.3 Å². The van der Waals surface area contributed by atoms with Crippen LogP contribution in [0.5, 0.6) is 0 Å². The van der Waals surface area contributed by atoms with Gasteiger partial charge >= 0.3 is 0 Å². The van der Waals surface area contributed by atoms with Crippen molar-refractivity contribution in [1.82, 2.24) is 25.0 Å². The molecule has 0 aliphatic heterocycles. The van der Waals surface area contributed by atoms with Crippen molar-refractivity contribution in [1.29, 1.82) is 0 Å². The molecule has 2 aromatic heterocycles. The number of aliphatic imine (C=N–C) groups is 1. The Balaban J connectivity index is 0.00000312. The van der Waals surface area contributed by atoms with Gasteiger partial charge in [-0.25, -0.2) is 4.98 Å². The summed E-state index contributed by atoms with van der Waals surface area (Å²) < 4.78 is 1.83. The Bertz CT molecular complexity index is 651. The summed E-state index contributed by atoms with van der Waals surface area (Å²) in [6, 6.07) is 0. The molecule has 0 unspecified atom stereocenters. The lowest BCUT2D eigenvalue weighted by Gasteiger charge is -2.21. The molecule has 0 aliphatic rings. The number of hydrogen-bond donors (Lipinski definition) is 1. The molecule has 0 aromatic carbocycles. The van der Waals surface area contributed by atoms with Gasteiger partial charge in [0.2, 0.25) is 0 Å². The highest BCUT2D eigenvalue weighted by atomic mass is 127. The minimum atomic E-state index is 0. The van der Waals surface area contributed by atoms with Crippen LogP contribution in [0.1, 0.15) is 36.0 Å². The second kappa shape index (κ2) is 11.5. The number of rotatable bonds is 8. The van der Waals surface area contributed by atoms with Crippen molar-refractivity contribution >= 4 is 41.3 Å². The molecule has 0 atom stereocenters. The van der Waals surface area contributed by atoms with Crippen LogP contribution in [0.25, 0.3) is 0 Å². The van der Waals surface area contributed by atoms with Gasteiger partial charge in [0, 0.05) is 56.6 Å². The topological polar surface area (TPSA) is 58.3 Å². The molecule has 2 rings (SSSR count). The molecule has 2 heterocycles. The molecule has 1 N–H and O–H groups in total. The molecule has 2 aromatic rings. The Hall–Kier alpha value is -1.16. The van der Waals surface area contributed by atoms with E-state index in [1.165, 1.54) is 10.6 Å². The molecule has 6 nitrogen and oxygen atoms in total. The third-order valence-electron chi connectivity index (χ3n) is 3.60. The van der Waals surface area contributed by atoms with Gasteiger partial charge in [-0.1, -0.05) is 0 Å². The summed E-state index contributed by atoms with van der Waals surface area (Å²) >= 11 is 1.75. The van der Waals surface area contributed by atoms with Gasteiger partial charge in [-0.2, -0.15) is 5.10 Å². The van der Waals surface area contributed by atoms with Crippen LogP contribution < -0.4 is 5.32 Å². The van der Waals surface area contributed by atoms with Crippen LogP contribution in [0.15, 0.2) is 22.8 Å². The Morgan fingerprint density at radius 3 is 2.80 bits per heavy atom. The van der Waals surface area contributed by atoms with Crippen molar-refractivity contribution < 1.29 is 0 Å². The molecular formula is C17H29IN6S. The average molecular weight is 476 g/mol. The van der Waals surface area contributed by atoms with Crippen LogP contribution in [-0.4, -0.2) is 45.8 Å². The van der Waals surface area contributed by atoms with E-state index in [0.717, 1.165) is 50.6 Å². The standard InChI is InChI=1S/C17H28N6S.HI/c1-5-18-17(22(3)11-15-10-20-23(4)12-15)19-9-7-6-8-16-21-14(2)13-24-16;/h10,12-13H,5-9,11H2,1-4H3,(H,18,19);1H. The van der Waals surface area contributed by atoms with Crippen molar-refractivity contribution in [3.8, 4) is 0 Å². The zero-order valence-electron chi connectivity index (χ0n) is 15.5. The maximum atomic E-state index is 4.74. The second-order valence-corrected chi connectivity index (χ2v) is 6.90. The lowest BCUT2D eigenvalue weighted by molar-refractivity contribution is 0.476. The lowest BCUT2D eigenvalue weighted by atomic mass is 10.2. The molecule has 0 spiro atoms. The molecule has 0 aliphatic carbocycles. The minimum absolute atomic E-state index is 0. The van der Waals surface area contributed by atoms with E-state index in [-0.39, 0.29) is 24.0 Å². The zero-order chi connectivity index (χ0) is 17.4. The van der Waals surface area contributed by atoms with Gasteiger partial charge < -0.3 is 10.2 Å². The summed E-state index contributed by atoms with van der Waals surface area (Å²) in [7, 11) is 4.00. The van der Waals surface area contributed by atoms with Crippen molar-refractivity contribution in [3.05, 3.63) is 34.0 Å². The van der Waals surface area contributed by atoms with Gasteiger partial charge in [0.15, 0.2) is 5.96 Å². The van der Waals surface area contributed by atoms with E-state index in [9.17, 15) is 0 Å². The number of aryl methyl sites for hydroxylation is 3. The fraction of sp³-hybridized carbons (Fsp3) is 0.588. The normalized spacial score (nSPS) is 11.3. The quantitative estimate of drug-likeness (QED) is 0.275. The number of hydrogen-bond acceptors (Lipinski definition) is 4. The zero-order valence-corrected chi connectivity index (χ0v) is 18.7. The molecule has 0 saturated heterocycles. The Kier molecular flexibility index (Phi) is 10.0. The molecule has 0 bridgehead atoms.